The Morgan fingerprint density at radius 1 is 1.15 bits per heavy atom. The Morgan fingerprint density at radius 2 is 1.88 bits per heavy atom. The molecule has 4 fully saturated rings. The van der Waals surface area contributed by atoms with Gasteiger partial charge in [0.05, 0.1) is 37.5 Å². The van der Waals surface area contributed by atoms with Gasteiger partial charge in [0.1, 0.15) is 17.2 Å². The second-order valence-corrected chi connectivity index (χ2v) is 14.1. The van der Waals surface area contributed by atoms with E-state index in [-0.39, 0.29) is 36.4 Å². The van der Waals surface area contributed by atoms with Gasteiger partial charge in [-0.05, 0) is 38.2 Å². The Bertz CT molecular complexity index is 1360. The molecule has 220 valence electrons. The van der Waals surface area contributed by atoms with Crippen molar-refractivity contribution in [3.05, 3.63) is 16.0 Å². The van der Waals surface area contributed by atoms with Crippen LogP contribution in [-0.2, 0) is 16.6 Å². The van der Waals surface area contributed by atoms with Crippen LogP contribution in [0.4, 0.5) is 21.3 Å². The molecule has 2 aromatic heterocycles. The molecule has 11 nitrogen and oxygen atoms in total. The Kier molecular flexibility index (Phi) is 6.53. The minimum atomic E-state index is -1.19. The van der Waals surface area contributed by atoms with Crippen molar-refractivity contribution < 1.29 is 19.0 Å². The number of hydrogen-bond acceptors (Lipinski definition) is 12. The fourth-order valence-electron chi connectivity index (χ4n) is 7.10. The molecule has 7 rings (SSSR count). The molecule has 0 amide bonds. The summed E-state index contributed by atoms with van der Waals surface area (Å²) >= 11 is 1.53. The zero-order chi connectivity index (χ0) is 28.4. The van der Waals surface area contributed by atoms with Crippen molar-refractivity contribution in [2.24, 2.45) is 5.41 Å². The molecule has 1 saturated carbocycles. The third-order valence-corrected chi connectivity index (χ3v) is 10.4. The van der Waals surface area contributed by atoms with Gasteiger partial charge < -0.3 is 30.1 Å². The third-order valence-electron chi connectivity index (χ3n) is 9.36. The molecule has 3 saturated heterocycles. The zero-order valence-corrected chi connectivity index (χ0v) is 24.3. The first-order valence-electron chi connectivity index (χ1n) is 14.5. The number of morpholine rings is 1. The van der Waals surface area contributed by atoms with Crippen molar-refractivity contribution in [1.29, 1.82) is 5.26 Å². The summed E-state index contributed by atoms with van der Waals surface area (Å²) in [6, 6.07) is 2.55. The van der Waals surface area contributed by atoms with Crippen LogP contribution in [0.25, 0.3) is 0 Å². The zero-order valence-electron chi connectivity index (χ0n) is 23.4. The number of thiophene rings is 1. The molecule has 41 heavy (non-hydrogen) atoms. The maximum absolute atomic E-state index is 14.6. The number of aromatic nitrogens is 3. The Balaban J connectivity index is 1.13. The van der Waals surface area contributed by atoms with Crippen molar-refractivity contribution in [1.82, 2.24) is 19.9 Å². The number of nitrogens with zero attached hydrogens (tertiary/aromatic N) is 7. The molecular formula is C28H37FN8O3S. The number of piperidine rings is 1. The number of alkyl halides is 1. The van der Waals surface area contributed by atoms with Crippen molar-refractivity contribution in [2.75, 3.05) is 81.2 Å². The van der Waals surface area contributed by atoms with Crippen LogP contribution >= 0.6 is 11.3 Å². The lowest BCUT2D eigenvalue weighted by Gasteiger charge is -2.48. The number of nitriles is 1. The highest BCUT2D eigenvalue weighted by molar-refractivity contribution is 7.16. The van der Waals surface area contributed by atoms with Crippen LogP contribution in [0.2, 0.25) is 0 Å². The van der Waals surface area contributed by atoms with E-state index in [1.54, 1.807) is 11.8 Å². The van der Waals surface area contributed by atoms with Crippen molar-refractivity contribution in [3.8, 4) is 12.1 Å². The predicted molar refractivity (Wildman–Crippen MR) is 152 cm³/mol. The lowest BCUT2D eigenvalue weighted by molar-refractivity contribution is 0.0160. The molecular weight excluding hydrogens is 547 g/mol. The van der Waals surface area contributed by atoms with Crippen LogP contribution < -0.4 is 20.3 Å². The number of nitrogens with two attached hydrogens (primary N) is 1. The molecule has 0 bridgehead atoms. The van der Waals surface area contributed by atoms with E-state index in [0.717, 1.165) is 64.1 Å². The summed E-state index contributed by atoms with van der Waals surface area (Å²) in [5, 5.41) is 21.1. The summed E-state index contributed by atoms with van der Waals surface area (Å²) in [6.45, 7) is 8.16. The average Bonchev–Trinajstić information content (AvgIpc) is 3.46. The van der Waals surface area contributed by atoms with Gasteiger partial charge in [-0.3, -0.25) is 4.90 Å². The average molecular weight is 585 g/mol. The van der Waals surface area contributed by atoms with Gasteiger partial charge in [0.15, 0.2) is 0 Å². The van der Waals surface area contributed by atoms with Crippen LogP contribution in [0.3, 0.4) is 0 Å². The van der Waals surface area contributed by atoms with Crippen LogP contribution in [-0.4, -0.2) is 102 Å². The second kappa shape index (κ2) is 9.90. The fourth-order valence-corrected chi connectivity index (χ4v) is 8.24. The quantitative estimate of drug-likeness (QED) is 0.494. The molecule has 5 aliphatic rings. The van der Waals surface area contributed by atoms with Crippen LogP contribution in [0.1, 0.15) is 48.6 Å². The largest absolute Gasteiger partial charge is 0.463 e. The van der Waals surface area contributed by atoms with Crippen molar-refractivity contribution in [2.45, 2.75) is 56.2 Å². The lowest BCUT2D eigenvalue weighted by atomic mass is 9.74. The number of hydrogen-bond donors (Lipinski definition) is 2. The first-order chi connectivity index (χ1) is 19.7. The van der Waals surface area contributed by atoms with Gasteiger partial charge in [0, 0.05) is 61.4 Å². The molecule has 0 radical (unpaired) electrons. The maximum Gasteiger partial charge on any atom is 0.323 e. The van der Waals surface area contributed by atoms with E-state index < -0.39 is 11.8 Å². The van der Waals surface area contributed by atoms with Gasteiger partial charge in [0.2, 0.25) is 11.9 Å². The van der Waals surface area contributed by atoms with Gasteiger partial charge in [-0.1, -0.05) is 0 Å². The molecule has 3 aliphatic heterocycles. The molecule has 0 aromatic carbocycles. The maximum atomic E-state index is 14.6. The van der Waals surface area contributed by atoms with E-state index in [0.29, 0.717) is 42.2 Å². The standard InChI is InChI=1S/C28H37FN8O3S/c1-26(38)10-18(29)12-36(13-26)23-32-24(37-15-28(16-37)3-2-20-21(28)19(11-30)22(31)41-20)34-25(33-23)40-17-27(4-5-27)14-35-6-8-39-9-7-35/h18,38H,2-10,12-17,31H2,1H3. The SMILES string of the molecule is CC1(O)CC(F)CN(c2nc(OCC3(CN4CCOCC4)CC3)nc(N3CC4(CCc5sc(N)c(C#N)c54)C3)n2)C1. The van der Waals surface area contributed by atoms with Crippen molar-refractivity contribution in [3.63, 3.8) is 0 Å². The van der Waals surface area contributed by atoms with Crippen LogP contribution in [0, 0.1) is 16.7 Å². The summed E-state index contributed by atoms with van der Waals surface area (Å²) in [5.74, 6) is 0.792. The summed E-state index contributed by atoms with van der Waals surface area (Å²) in [7, 11) is 0. The minimum Gasteiger partial charge on any atom is -0.463 e. The molecule has 13 heteroatoms. The van der Waals surface area contributed by atoms with Gasteiger partial charge in [-0.15, -0.1) is 11.3 Å². The monoisotopic (exact) mass is 584 g/mol. The topological polar surface area (TPSA) is 137 Å². The number of nitrogen functional groups attached to an aromatic ring is 1. The number of fused-ring (bicyclic) bond motifs is 2. The first-order valence-corrected chi connectivity index (χ1v) is 15.4. The number of aryl methyl sites for hydroxylation is 1. The highest BCUT2D eigenvalue weighted by atomic mass is 32.1. The third kappa shape index (κ3) is 5.09. The number of rotatable bonds is 7. The lowest BCUT2D eigenvalue weighted by Crippen LogP contribution is -2.59. The van der Waals surface area contributed by atoms with Gasteiger partial charge in [-0.2, -0.15) is 20.2 Å². The van der Waals surface area contributed by atoms with E-state index in [1.807, 2.05) is 0 Å². The molecule has 5 heterocycles. The van der Waals surface area contributed by atoms with E-state index >= 15 is 0 Å². The highest BCUT2D eigenvalue weighted by Crippen LogP contribution is 2.52. The summed E-state index contributed by atoms with van der Waals surface area (Å²) in [5.41, 5.74) is 6.62. The summed E-state index contributed by atoms with van der Waals surface area (Å²) < 4.78 is 26.4. The highest BCUT2D eigenvalue weighted by Gasteiger charge is 2.52. The molecule has 2 aromatic rings. The normalized spacial score (nSPS) is 28.3. The van der Waals surface area contributed by atoms with E-state index in [2.05, 4.69) is 20.9 Å². The minimum absolute atomic E-state index is 0.0801. The number of β-amino-alcohol motifs (C(OH)–C–C–N with tert-alkyl or cyclic N) is 1. The molecule has 1 spiro atoms. The smallest absolute Gasteiger partial charge is 0.323 e. The van der Waals surface area contributed by atoms with Gasteiger partial charge in [0.25, 0.3) is 0 Å². The Morgan fingerprint density at radius 3 is 2.56 bits per heavy atom. The Labute approximate surface area is 243 Å². The predicted octanol–water partition coefficient (Wildman–Crippen LogP) is 1.88. The molecule has 3 N–H and O–H groups in total. The molecule has 2 aliphatic carbocycles. The van der Waals surface area contributed by atoms with Gasteiger partial charge in [-0.25, -0.2) is 4.39 Å². The number of ether oxygens (including phenoxy) is 2. The van der Waals surface area contributed by atoms with Crippen LogP contribution in [0.15, 0.2) is 0 Å². The van der Waals surface area contributed by atoms with Crippen molar-refractivity contribution >= 4 is 28.2 Å². The second-order valence-electron chi connectivity index (χ2n) is 13.0. The molecule has 2 atom stereocenters. The van der Waals surface area contributed by atoms with E-state index in [9.17, 15) is 14.8 Å². The number of aliphatic hydroxyl groups is 1. The van der Waals surface area contributed by atoms with Crippen LogP contribution in [0.5, 0.6) is 6.01 Å². The number of anilines is 3. The summed E-state index contributed by atoms with van der Waals surface area (Å²) in [4.78, 5) is 21.5. The van der Waals surface area contributed by atoms with Gasteiger partial charge >= 0.3 is 6.01 Å². The summed E-state index contributed by atoms with van der Waals surface area (Å²) in [6.07, 6.45) is 2.96. The Hall–Kier alpha value is -2.79. The van der Waals surface area contributed by atoms with E-state index in [4.69, 9.17) is 25.2 Å². The fraction of sp³-hybridized carbons (Fsp3) is 0.714. The van der Waals surface area contributed by atoms with E-state index in [1.165, 1.54) is 16.2 Å². The first kappa shape index (κ1) is 27.1. The molecule has 2 unspecified atom stereocenters. The number of halogens is 1.